The number of carbonyl (C=O) groups is 3. The van der Waals surface area contributed by atoms with Gasteiger partial charge in [0.05, 0.1) is 0 Å². The van der Waals surface area contributed by atoms with Crippen molar-refractivity contribution in [3.8, 4) is 0 Å². The fourth-order valence-electron chi connectivity index (χ4n) is 2.29. The predicted octanol–water partition coefficient (Wildman–Crippen LogP) is 3.73. The number of ether oxygens (including phenoxy) is 1. The number of amides is 3. The topological polar surface area (TPSA) is 96.5 Å². The number of nitrogens with one attached hydrogen (secondary N) is 3. The molecule has 0 saturated carbocycles. The summed E-state index contributed by atoms with van der Waals surface area (Å²) in [5.41, 5.74) is 1.26. The number of rotatable bonds is 6. The molecule has 0 aliphatic carbocycles. The Morgan fingerprint density at radius 2 is 1.69 bits per heavy atom. The second-order valence-electron chi connectivity index (χ2n) is 7.29. The van der Waals surface area contributed by atoms with Gasteiger partial charge in [0.1, 0.15) is 12.1 Å². The van der Waals surface area contributed by atoms with Gasteiger partial charge in [-0.15, -0.1) is 0 Å². The zero-order chi connectivity index (χ0) is 21.4. The van der Waals surface area contributed by atoms with E-state index in [1.165, 1.54) is 0 Å². The van der Waals surface area contributed by atoms with E-state index in [1.54, 1.807) is 63.2 Å². The molecule has 2 aromatic rings. The minimum absolute atomic E-state index is 0.193. The SMILES string of the molecule is CC(C)(C)OC(=O)NCC(=O)NCc1cccc(NC(=O)c2ccc(Cl)cc2)c1. The summed E-state index contributed by atoms with van der Waals surface area (Å²) < 4.78 is 5.07. The van der Waals surface area contributed by atoms with E-state index in [0.717, 1.165) is 5.56 Å². The molecule has 0 heterocycles. The van der Waals surface area contributed by atoms with Gasteiger partial charge in [0.2, 0.25) is 5.91 Å². The van der Waals surface area contributed by atoms with E-state index in [1.807, 2.05) is 6.07 Å². The number of alkyl carbamates (subject to hydrolysis) is 1. The summed E-state index contributed by atoms with van der Waals surface area (Å²) in [6, 6.07) is 13.7. The summed E-state index contributed by atoms with van der Waals surface area (Å²) in [7, 11) is 0. The van der Waals surface area contributed by atoms with Gasteiger partial charge in [-0.05, 0) is 62.7 Å². The monoisotopic (exact) mass is 417 g/mol. The van der Waals surface area contributed by atoms with Gasteiger partial charge in [-0.25, -0.2) is 4.79 Å². The Labute approximate surface area is 174 Å². The van der Waals surface area contributed by atoms with Crippen LogP contribution >= 0.6 is 11.6 Å². The molecular weight excluding hydrogens is 394 g/mol. The quantitative estimate of drug-likeness (QED) is 0.667. The van der Waals surface area contributed by atoms with E-state index >= 15 is 0 Å². The molecule has 2 rings (SSSR count). The smallest absolute Gasteiger partial charge is 0.408 e. The van der Waals surface area contributed by atoms with Crippen LogP contribution in [0.2, 0.25) is 5.02 Å². The van der Waals surface area contributed by atoms with Gasteiger partial charge < -0.3 is 20.7 Å². The molecule has 0 spiro atoms. The van der Waals surface area contributed by atoms with Crippen LogP contribution in [0.15, 0.2) is 48.5 Å². The Kier molecular flexibility index (Phi) is 7.61. The fourth-order valence-corrected chi connectivity index (χ4v) is 2.42. The highest BCUT2D eigenvalue weighted by Gasteiger charge is 2.16. The molecule has 0 fully saturated rings. The minimum atomic E-state index is -0.653. The molecule has 29 heavy (non-hydrogen) atoms. The zero-order valence-electron chi connectivity index (χ0n) is 16.5. The van der Waals surface area contributed by atoms with E-state index in [2.05, 4.69) is 16.0 Å². The van der Waals surface area contributed by atoms with Crippen molar-refractivity contribution in [3.63, 3.8) is 0 Å². The van der Waals surface area contributed by atoms with Gasteiger partial charge in [0.25, 0.3) is 5.91 Å². The Morgan fingerprint density at radius 1 is 1.00 bits per heavy atom. The van der Waals surface area contributed by atoms with E-state index in [9.17, 15) is 14.4 Å². The molecule has 0 aliphatic heterocycles. The first-order valence-electron chi connectivity index (χ1n) is 9.02. The molecule has 0 radical (unpaired) electrons. The van der Waals surface area contributed by atoms with E-state index < -0.39 is 11.7 Å². The summed E-state index contributed by atoms with van der Waals surface area (Å²) in [5, 5.41) is 8.45. The summed E-state index contributed by atoms with van der Waals surface area (Å²) in [6.45, 7) is 5.28. The third-order valence-electron chi connectivity index (χ3n) is 3.57. The van der Waals surface area contributed by atoms with Crippen molar-refractivity contribution in [1.82, 2.24) is 10.6 Å². The van der Waals surface area contributed by atoms with Crippen LogP contribution in [0, 0.1) is 0 Å². The number of anilines is 1. The van der Waals surface area contributed by atoms with Crippen molar-refractivity contribution in [2.75, 3.05) is 11.9 Å². The largest absolute Gasteiger partial charge is 0.444 e. The van der Waals surface area contributed by atoms with Crippen LogP contribution < -0.4 is 16.0 Å². The average molecular weight is 418 g/mol. The van der Waals surface area contributed by atoms with Crippen molar-refractivity contribution < 1.29 is 19.1 Å². The molecule has 2 aromatic carbocycles. The van der Waals surface area contributed by atoms with Crippen molar-refractivity contribution >= 4 is 35.2 Å². The molecule has 3 N–H and O–H groups in total. The van der Waals surface area contributed by atoms with E-state index in [-0.39, 0.29) is 24.9 Å². The predicted molar refractivity (Wildman–Crippen MR) is 112 cm³/mol. The fraction of sp³-hybridized carbons (Fsp3) is 0.286. The Bertz CT molecular complexity index is 876. The molecule has 8 heteroatoms. The van der Waals surface area contributed by atoms with Crippen LogP contribution in [0.5, 0.6) is 0 Å². The van der Waals surface area contributed by atoms with E-state index in [4.69, 9.17) is 16.3 Å². The highest BCUT2D eigenvalue weighted by molar-refractivity contribution is 6.30. The van der Waals surface area contributed by atoms with Gasteiger partial charge in [0, 0.05) is 22.8 Å². The van der Waals surface area contributed by atoms with Crippen LogP contribution in [-0.2, 0) is 16.1 Å². The maximum Gasteiger partial charge on any atom is 0.408 e. The lowest BCUT2D eigenvalue weighted by molar-refractivity contribution is -0.120. The minimum Gasteiger partial charge on any atom is -0.444 e. The third kappa shape index (κ3) is 8.23. The molecule has 0 aliphatic rings. The first-order valence-corrected chi connectivity index (χ1v) is 9.39. The Morgan fingerprint density at radius 3 is 2.34 bits per heavy atom. The normalized spacial score (nSPS) is 10.8. The molecule has 0 atom stereocenters. The van der Waals surface area contributed by atoms with Crippen LogP contribution in [0.3, 0.4) is 0 Å². The Hall–Kier alpha value is -3.06. The standard InChI is InChI=1S/C21H24ClN3O4/c1-21(2,3)29-20(28)24-13-18(26)23-12-14-5-4-6-17(11-14)25-19(27)15-7-9-16(22)10-8-15/h4-11H,12-13H2,1-3H3,(H,23,26)(H,24,28)(H,25,27). The second-order valence-corrected chi connectivity index (χ2v) is 7.73. The van der Waals surface area contributed by atoms with Gasteiger partial charge in [-0.1, -0.05) is 23.7 Å². The maximum atomic E-state index is 12.3. The van der Waals surface area contributed by atoms with Crippen molar-refractivity contribution in [2.45, 2.75) is 32.9 Å². The summed E-state index contributed by atoms with van der Waals surface area (Å²) in [4.78, 5) is 35.7. The van der Waals surface area contributed by atoms with Crippen LogP contribution in [0.25, 0.3) is 0 Å². The first kappa shape index (κ1) is 22.2. The third-order valence-corrected chi connectivity index (χ3v) is 3.83. The average Bonchev–Trinajstić information content (AvgIpc) is 2.64. The number of carbonyl (C=O) groups excluding carboxylic acids is 3. The van der Waals surface area contributed by atoms with Crippen molar-refractivity contribution in [1.29, 1.82) is 0 Å². The van der Waals surface area contributed by atoms with Crippen molar-refractivity contribution in [3.05, 3.63) is 64.7 Å². The molecular formula is C21H24ClN3O4. The number of hydrogen-bond donors (Lipinski definition) is 3. The molecule has 3 amide bonds. The van der Waals surface area contributed by atoms with Gasteiger partial charge >= 0.3 is 6.09 Å². The molecule has 0 bridgehead atoms. The van der Waals surface area contributed by atoms with Crippen molar-refractivity contribution in [2.24, 2.45) is 0 Å². The molecule has 7 nitrogen and oxygen atoms in total. The number of hydrogen-bond acceptors (Lipinski definition) is 4. The molecule has 0 unspecified atom stereocenters. The maximum absolute atomic E-state index is 12.3. The molecule has 0 aromatic heterocycles. The van der Waals surface area contributed by atoms with Gasteiger partial charge in [-0.2, -0.15) is 0 Å². The first-order chi connectivity index (χ1) is 13.6. The lowest BCUT2D eigenvalue weighted by atomic mass is 10.1. The molecule has 154 valence electrons. The van der Waals surface area contributed by atoms with Gasteiger partial charge in [0.15, 0.2) is 0 Å². The summed E-state index contributed by atoms with van der Waals surface area (Å²) >= 11 is 5.83. The lowest BCUT2D eigenvalue weighted by Gasteiger charge is -2.19. The van der Waals surface area contributed by atoms with Gasteiger partial charge in [-0.3, -0.25) is 9.59 Å². The second kappa shape index (κ2) is 9.93. The van der Waals surface area contributed by atoms with Crippen LogP contribution in [0.1, 0.15) is 36.7 Å². The Balaban J connectivity index is 1.83. The number of halogens is 1. The lowest BCUT2D eigenvalue weighted by Crippen LogP contribution is -2.39. The highest BCUT2D eigenvalue weighted by Crippen LogP contribution is 2.14. The van der Waals surface area contributed by atoms with E-state index in [0.29, 0.717) is 16.3 Å². The van der Waals surface area contributed by atoms with Crippen LogP contribution in [-0.4, -0.2) is 30.1 Å². The zero-order valence-corrected chi connectivity index (χ0v) is 17.3. The highest BCUT2D eigenvalue weighted by atomic mass is 35.5. The number of benzene rings is 2. The molecule has 0 saturated heterocycles. The van der Waals surface area contributed by atoms with Crippen LogP contribution in [0.4, 0.5) is 10.5 Å². The summed E-state index contributed by atoms with van der Waals surface area (Å²) in [6.07, 6.45) is -0.653. The summed E-state index contributed by atoms with van der Waals surface area (Å²) in [5.74, 6) is -0.615.